The topological polar surface area (TPSA) is 104 Å². The molecule has 0 fully saturated rings. The van der Waals surface area contributed by atoms with Crippen molar-refractivity contribution in [3.05, 3.63) is 0 Å². The largest absolute Gasteiger partial charge is 1.00 e. The SMILES string of the molecule is O=C(O)CCC(=O)OS(=O)[O-].[H-].[H-].[Na+].[Na+]. The van der Waals surface area contributed by atoms with E-state index in [1.165, 1.54) is 0 Å². The van der Waals surface area contributed by atoms with Crippen LogP contribution < -0.4 is 59.1 Å². The van der Waals surface area contributed by atoms with Gasteiger partial charge in [0.15, 0.2) is 0 Å². The van der Waals surface area contributed by atoms with Crippen LogP contribution in [0.25, 0.3) is 0 Å². The van der Waals surface area contributed by atoms with Gasteiger partial charge in [-0.1, -0.05) is 0 Å². The number of aliphatic carboxylic acids is 1. The van der Waals surface area contributed by atoms with Crippen LogP contribution in [0.3, 0.4) is 0 Å². The van der Waals surface area contributed by atoms with Crippen molar-refractivity contribution in [1.29, 1.82) is 0 Å². The summed E-state index contributed by atoms with van der Waals surface area (Å²) in [5.41, 5.74) is 0. The van der Waals surface area contributed by atoms with Gasteiger partial charge in [0, 0.05) is 0 Å². The van der Waals surface area contributed by atoms with Crippen LogP contribution in [0.4, 0.5) is 0 Å². The van der Waals surface area contributed by atoms with Crippen LogP contribution in [0.15, 0.2) is 0 Å². The minimum Gasteiger partial charge on any atom is -1.00 e. The van der Waals surface area contributed by atoms with Crippen LogP contribution in [-0.2, 0) is 25.1 Å². The van der Waals surface area contributed by atoms with E-state index in [1.54, 1.807) is 0 Å². The molecule has 1 atom stereocenters. The van der Waals surface area contributed by atoms with Gasteiger partial charge < -0.3 is 16.7 Å². The second-order valence-electron chi connectivity index (χ2n) is 1.55. The molecule has 0 heterocycles. The average Bonchev–Trinajstić information content (AvgIpc) is 1.82. The molecule has 0 bridgehead atoms. The summed E-state index contributed by atoms with van der Waals surface area (Å²) < 4.78 is 22.9. The standard InChI is InChI=1S/C4H6O6S.2Na.2H/c5-3(6)1-2-4(7)10-11(8)9;;;;/h1-2H2,(H,5,6)(H,8,9);;;;/q;2*+1;2*-1/p-1. The van der Waals surface area contributed by atoms with Gasteiger partial charge in [-0.25, -0.2) is 4.21 Å². The van der Waals surface area contributed by atoms with E-state index >= 15 is 0 Å². The quantitative estimate of drug-likeness (QED) is 0.379. The van der Waals surface area contributed by atoms with Gasteiger partial charge in [-0.15, -0.1) is 0 Å². The van der Waals surface area contributed by atoms with Crippen LogP contribution in [0.1, 0.15) is 15.7 Å². The van der Waals surface area contributed by atoms with E-state index in [0.717, 1.165) is 0 Å². The van der Waals surface area contributed by atoms with Gasteiger partial charge in [0.25, 0.3) is 0 Å². The van der Waals surface area contributed by atoms with E-state index in [4.69, 9.17) is 5.11 Å². The van der Waals surface area contributed by atoms with Gasteiger partial charge in [0.05, 0.1) is 12.8 Å². The predicted octanol–water partition coefficient (Wildman–Crippen LogP) is -6.58. The van der Waals surface area contributed by atoms with E-state index in [0.29, 0.717) is 0 Å². The minimum absolute atomic E-state index is 0. The molecule has 0 saturated carbocycles. The normalized spacial score (nSPS) is 10.2. The summed E-state index contributed by atoms with van der Waals surface area (Å²) in [6.07, 6.45) is -0.876. The van der Waals surface area contributed by atoms with E-state index in [1.807, 2.05) is 0 Å². The number of rotatable bonds is 4. The van der Waals surface area contributed by atoms with Gasteiger partial charge in [0.2, 0.25) is 0 Å². The number of carbonyl (C=O) groups is 2. The van der Waals surface area contributed by atoms with Gasteiger partial charge in [-0.2, -0.15) is 0 Å². The fourth-order valence-corrected chi connectivity index (χ4v) is 0.562. The van der Waals surface area contributed by atoms with Crippen molar-refractivity contribution in [2.24, 2.45) is 0 Å². The Kier molecular flexibility index (Phi) is 16.8. The number of carboxylic acid groups (broad SMARTS) is 1. The molecule has 0 radical (unpaired) electrons. The molecular weight excluding hydrogens is 222 g/mol. The van der Waals surface area contributed by atoms with E-state index in [2.05, 4.69) is 4.18 Å². The van der Waals surface area contributed by atoms with Crippen LogP contribution in [-0.4, -0.2) is 25.8 Å². The Labute approximate surface area is 124 Å². The van der Waals surface area contributed by atoms with E-state index in [9.17, 15) is 18.4 Å². The third kappa shape index (κ3) is 15.8. The van der Waals surface area contributed by atoms with Crippen molar-refractivity contribution in [3.63, 3.8) is 0 Å². The molecule has 9 heteroatoms. The van der Waals surface area contributed by atoms with Gasteiger partial charge in [-0.05, 0) is 0 Å². The molecule has 0 spiro atoms. The molecular formula is C4H7Na2O6S-. The van der Waals surface area contributed by atoms with Crippen molar-refractivity contribution in [3.8, 4) is 0 Å². The monoisotopic (exact) mass is 229 g/mol. The molecule has 0 saturated heterocycles. The van der Waals surface area contributed by atoms with E-state index < -0.39 is 36.1 Å². The number of hydrogen-bond donors (Lipinski definition) is 1. The van der Waals surface area contributed by atoms with Crippen LogP contribution in [0.5, 0.6) is 0 Å². The average molecular weight is 229 g/mol. The Morgan fingerprint density at radius 2 is 1.85 bits per heavy atom. The van der Waals surface area contributed by atoms with Crippen LogP contribution in [0, 0.1) is 0 Å². The summed E-state index contributed by atoms with van der Waals surface area (Å²) in [5, 5.41) is 8.03. The first-order chi connectivity index (χ1) is 5.02. The summed E-state index contributed by atoms with van der Waals surface area (Å²) in [5.74, 6) is -2.25. The predicted molar refractivity (Wildman–Crippen MR) is 34.1 cm³/mol. The molecule has 0 rings (SSSR count). The maximum absolute atomic E-state index is 10.3. The van der Waals surface area contributed by atoms with Crippen molar-refractivity contribution in [2.45, 2.75) is 12.8 Å². The zero-order valence-electron chi connectivity index (χ0n) is 9.31. The Morgan fingerprint density at radius 1 is 1.38 bits per heavy atom. The minimum atomic E-state index is -2.90. The maximum atomic E-state index is 10.3. The zero-order chi connectivity index (χ0) is 8.85. The van der Waals surface area contributed by atoms with Crippen LogP contribution >= 0.6 is 0 Å². The second-order valence-corrected chi connectivity index (χ2v) is 2.13. The molecule has 6 nitrogen and oxygen atoms in total. The molecule has 0 aliphatic rings. The first-order valence-corrected chi connectivity index (χ1v) is 3.54. The molecule has 1 unspecified atom stereocenters. The van der Waals surface area contributed by atoms with Crippen LogP contribution in [0.2, 0.25) is 0 Å². The third-order valence-electron chi connectivity index (χ3n) is 0.704. The molecule has 0 amide bonds. The van der Waals surface area contributed by atoms with E-state index in [-0.39, 0.29) is 62.0 Å². The maximum Gasteiger partial charge on any atom is 1.00 e. The second kappa shape index (κ2) is 11.1. The van der Waals surface area contributed by atoms with Crippen molar-refractivity contribution >= 4 is 23.3 Å². The Morgan fingerprint density at radius 3 is 2.15 bits per heavy atom. The molecule has 0 aliphatic heterocycles. The Hall–Kier alpha value is 1.05. The van der Waals surface area contributed by atoms with Gasteiger partial charge in [0.1, 0.15) is 11.4 Å². The molecule has 13 heavy (non-hydrogen) atoms. The van der Waals surface area contributed by atoms with Crippen molar-refractivity contribution in [2.75, 3.05) is 0 Å². The molecule has 0 aromatic carbocycles. The summed E-state index contributed by atoms with van der Waals surface area (Å²) >= 11 is -2.90. The first-order valence-electron chi connectivity index (χ1n) is 2.54. The third-order valence-corrected chi connectivity index (χ3v) is 1.03. The fourth-order valence-electron chi connectivity index (χ4n) is 0.327. The fraction of sp³-hybridized carbons (Fsp3) is 0.500. The van der Waals surface area contributed by atoms with Crippen molar-refractivity contribution in [1.82, 2.24) is 0 Å². The molecule has 68 valence electrons. The Bertz CT molecular complexity index is 204. The molecule has 0 aromatic heterocycles. The number of carboxylic acids is 1. The molecule has 0 aliphatic carbocycles. The summed E-state index contributed by atoms with van der Waals surface area (Å²) in [7, 11) is 0. The molecule has 0 aromatic rings. The summed E-state index contributed by atoms with van der Waals surface area (Å²) in [6, 6.07) is 0. The van der Waals surface area contributed by atoms with Crippen molar-refractivity contribution < 1.29 is 89.6 Å². The first kappa shape index (κ1) is 19.6. The number of hydrogen-bond acceptors (Lipinski definition) is 5. The van der Waals surface area contributed by atoms with Gasteiger partial charge in [-0.3, -0.25) is 9.59 Å². The smallest absolute Gasteiger partial charge is 1.00 e. The number of carbonyl (C=O) groups excluding carboxylic acids is 1. The zero-order valence-corrected chi connectivity index (χ0v) is 12.1. The molecule has 1 N–H and O–H groups in total. The summed E-state index contributed by atoms with van der Waals surface area (Å²) in [4.78, 5) is 20.1. The summed E-state index contributed by atoms with van der Waals surface area (Å²) in [6.45, 7) is 0. The van der Waals surface area contributed by atoms with Gasteiger partial charge >= 0.3 is 71.1 Å². The Balaban J connectivity index is -0.0000000833.